The lowest BCUT2D eigenvalue weighted by Gasteiger charge is -2.34. The van der Waals surface area contributed by atoms with E-state index < -0.39 is 0 Å². The van der Waals surface area contributed by atoms with Crippen molar-refractivity contribution in [2.45, 2.75) is 19.9 Å². The molecule has 0 bridgehead atoms. The zero-order chi connectivity index (χ0) is 20.5. The number of nitrogens with zero attached hydrogens (tertiary/aromatic N) is 4. The number of aromatic nitrogens is 2. The van der Waals surface area contributed by atoms with Crippen LogP contribution in [0.25, 0.3) is 10.8 Å². The first-order chi connectivity index (χ1) is 14.7. The fraction of sp³-hybridized carbons (Fsp3) is 0.348. The Bertz CT molecular complexity index is 1090. The van der Waals surface area contributed by atoms with E-state index in [1.807, 2.05) is 42.2 Å². The Morgan fingerprint density at radius 3 is 2.70 bits per heavy atom. The van der Waals surface area contributed by atoms with Crippen LogP contribution in [-0.2, 0) is 17.7 Å². The summed E-state index contributed by atoms with van der Waals surface area (Å²) in [5.74, 6) is 1.73. The number of hydrogen-bond acceptors (Lipinski definition) is 5. The molecule has 1 saturated heterocycles. The molecular weight excluding hydrogens is 378 g/mol. The molecule has 7 nitrogen and oxygen atoms in total. The molecule has 3 heterocycles. The van der Waals surface area contributed by atoms with Crippen molar-refractivity contribution in [3.05, 3.63) is 59.5 Å². The number of morpholine rings is 1. The number of carbonyl (C=O) groups excluding carboxylic acids is 1. The fourth-order valence-corrected chi connectivity index (χ4v) is 4.26. The molecule has 1 fully saturated rings. The number of fused-ring (bicyclic) bond motifs is 2. The van der Waals surface area contributed by atoms with Crippen molar-refractivity contribution in [2.24, 2.45) is 0 Å². The third-order valence-electron chi connectivity index (χ3n) is 5.78. The Balaban J connectivity index is 1.40. The molecule has 5 rings (SSSR count). The lowest BCUT2D eigenvalue weighted by Crippen LogP contribution is -2.42. The summed E-state index contributed by atoms with van der Waals surface area (Å²) in [4.78, 5) is 26.6. The van der Waals surface area contributed by atoms with Crippen LogP contribution in [0.2, 0.25) is 0 Å². The van der Waals surface area contributed by atoms with E-state index in [2.05, 4.69) is 27.3 Å². The topological polar surface area (TPSA) is 70.6 Å². The van der Waals surface area contributed by atoms with E-state index in [4.69, 9.17) is 9.72 Å². The number of hydrogen-bond donors (Lipinski definition) is 1. The summed E-state index contributed by atoms with van der Waals surface area (Å²) in [5, 5.41) is 5.26. The second-order valence-corrected chi connectivity index (χ2v) is 7.75. The van der Waals surface area contributed by atoms with Crippen LogP contribution in [-0.4, -0.2) is 53.7 Å². The predicted octanol–water partition coefficient (Wildman–Crippen LogP) is 3.37. The third-order valence-corrected chi connectivity index (χ3v) is 5.78. The average Bonchev–Trinajstić information content (AvgIpc) is 2.79. The number of urea groups is 1. The molecule has 1 N–H and O–H groups in total. The van der Waals surface area contributed by atoms with E-state index in [9.17, 15) is 4.79 Å². The van der Waals surface area contributed by atoms with E-state index in [1.54, 1.807) is 0 Å². The summed E-state index contributed by atoms with van der Waals surface area (Å²) in [5.41, 5.74) is 2.94. The van der Waals surface area contributed by atoms with Crippen molar-refractivity contribution in [1.82, 2.24) is 14.9 Å². The van der Waals surface area contributed by atoms with Gasteiger partial charge in [-0.3, -0.25) is 0 Å². The van der Waals surface area contributed by atoms with Crippen molar-refractivity contribution in [1.29, 1.82) is 0 Å². The standard InChI is InChI=1S/C23H25N5O2/c1-16-24-21-9-10-28(15-19(21)22(25-16)27-11-13-30-14-12-27)23(29)26-20-8-4-6-17-5-2-3-7-18(17)20/h2-8H,9-15H2,1H3,(H,26,29). The van der Waals surface area contributed by atoms with Crippen LogP contribution >= 0.6 is 0 Å². The van der Waals surface area contributed by atoms with Crippen molar-refractivity contribution >= 4 is 28.3 Å². The van der Waals surface area contributed by atoms with Gasteiger partial charge in [-0.05, 0) is 18.4 Å². The summed E-state index contributed by atoms with van der Waals surface area (Å²) in [7, 11) is 0. The number of ether oxygens (including phenoxy) is 1. The van der Waals surface area contributed by atoms with Gasteiger partial charge in [0.15, 0.2) is 0 Å². The number of amides is 2. The summed E-state index contributed by atoms with van der Waals surface area (Å²) in [6, 6.07) is 14.0. The molecule has 2 aliphatic rings. The monoisotopic (exact) mass is 403 g/mol. The zero-order valence-electron chi connectivity index (χ0n) is 17.1. The molecule has 154 valence electrons. The molecule has 0 saturated carbocycles. The van der Waals surface area contributed by atoms with Crippen LogP contribution in [0.5, 0.6) is 0 Å². The molecule has 2 amide bonds. The van der Waals surface area contributed by atoms with Gasteiger partial charge in [0, 0.05) is 37.0 Å². The quantitative estimate of drug-likeness (QED) is 0.710. The summed E-state index contributed by atoms with van der Waals surface area (Å²) in [6.45, 7) is 6.10. The number of nitrogens with one attached hydrogen (secondary N) is 1. The average molecular weight is 403 g/mol. The van der Waals surface area contributed by atoms with E-state index in [1.165, 1.54) is 0 Å². The molecule has 1 aromatic heterocycles. The molecule has 0 unspecified atom stereocenters. The van der Waals surface area contributed by atoms with Crippen LogP contribution < -0.4 is 10.2 Å². The maximum absolute atomic E-state index is 13.1. The van der Waals surface area contributed by atoms with Gasteiger partial charge in [-0.25, -0.2) is 14.8 Å². The molecule has 3 aromatic rings. The van der Waals surface area contributed by atoms with Gasteiger partial charge in [-0.15, -0.1) is 0 Å². The Morgan fingerprint density at radius 1 is 1.03 bits per heavy atom. The molecule has 0 atom stereocenters. The van der Waals surface area contributed by atoms with Gasteiger partial charge in [0.1, 0.15) is 11.6 Å². The van der Waals surface area contributed by atoms with E-state index in [0.717, 1.165) is 58.9 Å². The van der Waals surface area contributed by atoms with Gasteiger partial charge in [0.2, 0.25) is 0 Å². The van der Waals surface area contributed by atoms with E-state index in [-0.39, 0.29) is 6.03 Å². The zero-order valence-corrected chi connectivity index (χ0v) is 17.1. The van der Waals surface area contributed by atoms with Gasteiger partial charge >= 0.3 is 6.03 Å². The lowest BCUT2D eigenvalue weighted by atomic mass is 10.1. The molecule has 0 aliphatic carbocycles. The highest BCUT2D eigenvalue weighted by atomic mass is 16.5. The molecule has 0 radical (unpaired) electrons. The first-order valence-corrected chi connectivity index (χ1v) is 10.4. The second kappa shape index (κ2) is 7.91. The summed E-state index contributed by atoms with van der Waals surface area (Å²) in [6.07, 6.45) is 0.735. The largest absolute Gasteiger partial charge is 0.378 e. The number of anilines is 2. The van der Waals surface area contributed by atoms with Crippen LogP contribution in [0, 0.1) is 6.92 Å². The normalized spacial score (nSPS) is 16.4. The third kappa shape index (κ3) is 3.57. The Kier molecular flexibility index (Phi) is 4.96. The minimum Gasteiger partial charge on any atom is -0.378 e. The highest BCUT2D eigenvalue weighted by Crippen LogP contribution is 2.29. The maximum atomic E-state index is 13.1. The van der Waals surface area contributed by atoms with E-state index in [0.29, 0.717) is 26.3 Å². The first kappa shape index (κ1) is 18.8. The van der Waals surface area contributed by atoms with Crippen molar-refractivity contribution in [2.75, 3.05) is 43.1 Å². The van der Waals surface area contributed by atoms with Gasteiger partial charge < -0.3 is 19.9 Å². The molecule has 0 spiro atoms. The van der Waals surface area contributed by atoms with Crippen LogP contribution in [0.4, 0.5) is 16.3 Å². The Labute approximate surface area is 175 Å². The smallest absolute Gasteiger partial charge is 0.322 e. The number of carbonyl (C=O) groups is 1. The number of rotatable bonds is 2. The Morgan fingerprint density at radius 2 is 1.83 bits per heavy atom. The van der Waals surface area contributed by atoms with Gasteiger partial charge in [-0.1, -0.05) is 36.4 Å². The van der Waals surface area contributed by atoms with Gasteiger partial charge in [-0.2, -0.15) is 0 Å². The second-order valence-electron chi connectivity index (χ2n) is 7.75. The lowest BCUT2D eigenvalue weighted by molar-refractivity contribution is 0.122. The number of benzene rings is 2. The van der Waals surface area contributed by atoms with E-state index >= 15 is 0 Å². The molecule has 7 heteroatoms. The minimum atomic E-state index is -0.0921. The van der Waals surface area contributed by atoms with Crippen molar-refractivity contribution < 1.29 is 9.53 Å². The molecule has 30 heavy (non-hydrogen) atoms. The summed E-state index contributed by atoms with van der Waals surface area (Å²) >= 11 is 0. The van der Waals surface area contributed by atoms with Crippen LogP contribution in [0.15, 0.2) is 42.5 Å². The van der Waals surface area contributed by atoms with Crippen molar-refractivity contribution in [3.63, 3.8) is 0 Å². The van der Waals surface area contributed by atoms with Gasteiger partial charge in [0.05, 0.1) is 31.1 Å². The highest BCUT2D eigenvalue weighted by molar-refractivity contribution is 6.01. The Hall–Kier alpha value is -3.19. The van der Waals surface area contributed by atoms with Crippen molar-refractivity contribution in [3.8, 4) is 0 Å². The van der Waals surface area contributed by atoms with Crippen LogP contribution in [0.1, 0.15) is 17.1 Å². The maximum Gasteiger partial charge on any atom is 0.322 e. The number of aryl methyl sites for hydroxylation is 1. The van der Waals surface area contributed by atoms with Gasteiger partial charge in [0.25, 0.3) is 0 Å². The molecule has 2 aromatic carbocycles. The molecular formula is C23H25N5O2. The van der Waals surface area contributed by atoms with Crippen LogP contribution in [0.3, 0.4) is 0 Å². The predicted molar refractivity (Wildman–Crippen MR) is 117 cm³/mol. The minimum absolute atomic E-state index is 0.0921. The first-order valence-electron chi connectivity index (χ1n) is 10.4. The highest BCUT2D eigenvalue weighted by Gasteiger charge is 2.28. The summed E-state index contributed by atoms with van der Waals surface area (Å²) < 4.78 is 5.50. The molecule has 2 aliphatic heterocycles. The fourth-order valence-electron chi connectivity index (χ4n) is 4.26. The SMILES string of the molecule is Cc1nc2c(c(N3CCOCC3)n1)CN(C(=O)Nc1cccc3ccccc13)CC2.